The van der Waals surface area contributed by atoms with Gasteiger partial charge in [-0.05, 0) is 36.8 Å². The second-order valence-electron chi connectivity index (χ2n) is 6.55. The monoisotopic (exact) mass is 416 g/mol. The highest BCUT2D eigenvalue weighted by Gasteiger charge is 2.26. The fourth-order valence-electron chi connectivity index (χ4n) is 2.93. The number of esters is 1. The van der Waals surface area contributed by atoms with Crippen LogP contribution in [0.5, 0.6) is 5.75 Å². The van der Waals surface area contributed by atoms with Crippen LogP contribution < -0.4 is 15.0 Å². The summed E-state index contributed by atoms with van der Waals surface area (Å²) in [5.74, 6) is -0.829. The van der Waals surface area contributed by atoms with Crippen LogP contribution in [0.25, 0.3) is 0 Å². The summed E-state index contributed by atoms with van der Waals surface area (Å²) in [4.78, 5) is 38.0. The van der Waals surface area contributed by atoms with E-state index in [9.17, 15) is 14.4 Å². The van der Waals surface area contributed by atoms with Crippen molar-refractivity contribution in [1.82, 2.24) is 5.32 Å². The number of nitrogens with one attached hydrogen (secondary N) is 1. The number of rotatable bonds is 6. The van der Waals surface area contributed by atoms with Crippen LogP contribution in [0.1, 0.15) is 24.9 Å². The quantitative estimate of drug-likeness (QED) is 0.732. The van der Waals surface area contributed by atoms with E-state index in [4.69, 9.17) is 21.1 Å². The first kappa shape index (κ1) is 20.7. The molecule has 152 valence electrons. The Morgan fingerprint density at radius 1 is 1.21 bits per heavy atom. The maximum absolute atomic E-state index is 12.3. The zero-order valence-electron chi connectivity index (χ0n) is 15.9. The number of anilines is 1. The Hall–Kier alpha value is -3.06. The molecule has 0 aliphatic carbocycles. The highest BCUT2D eigenvalue weighted by molar-refractivity contribution is 6.30. The van der Waals surface area contributed by atoms with E-state index >= 15 is 0 Å². The Morgan fingerprint density at radius 3 is 2.69 bits per heavy atom. The molecule has 1 N–H and O–H groups in total. The highest BCUT2D eigenvalue weighted by atomic mass is 35.5. The van der Waals surface area contributed by atoms with Crippen molar-refractivity contribution in [2.75, 3.05) is 24.7 Å². The largest absolute Gasteiger partial charge is 0.491 e. The van der Waals surface area contributed by atoms with E-state index in [0.29, 0.717) is 16.5 Å². The molecule has 8 heteroatoms. The summed E-state index contributed by atoms with van der Waals surface area (Å²) in [5.41, 5.74) is 1.38. The van der Waals surface area contributed by atoms with Crippen molar-refractivity contribution >= 4 is 35.1 Å². The minimum atomic E-state index is -0.677. The predicted octanol–water partition coefficient (Wildman–Crippen LogP) is 2.88. The molecule has 1 heterocycles. The summed E-state index contributed by atoms with van der Waals surface area (Å²) in [7, 11) is 0. The molecule has 0 spiro atoms. The lowest BCUT2D eigenvalue weighted by molar-refractivity contribution is -0.147. The van der Waals surface area contributed by atoms with Gasteiger partial charge in [0.25, 0.3) is 5.91 Å². The fraction of sp³-hybridized carbons (Fsp3) is 0.286. The number of carbonyl (C=O) groups is 3. The van der Waals surface area contributed by atoms with Crippen molar-refractivity contribution < 1.29 is 23.9 Å². The Morgan fingerprint density at radius 2 is 1.93 bits per heavy atom. The van der Waals surface area contributed by atoms with Gasteiger partial charge in [0.15, 0.2) is 6.61 Å². The van der Waals surface area contributed by atoms with Crippen molar-refractivity contribution in [2.45, 2.75) is 19.4 Å². The number of ether oxygens (including phenoxy) is 2. The van der Waals surface area contributed by atoms with Crippen LogP contribution in [0.2, 0.25) is 5.02 Å². The van der Waals surface area contributed by atoms with E-state index in [2.05, 4.69) is 5.32 Å². The van der Waals surface area contributed by atoms with Gasteiger partial charge in [0.05, 0.1) is 24.8 Å². The topological polar surface area (TPSA) is 84.9 Å². The SMILES string of the molecule is C[C@H](NC(=O)COC(=O)CN1C(=O)CCOc2ccccc21)c1ccc(Cl)cc1. The molecule has 2 aromatic carbocycles. The fourth-order valence-corrected chi connectivity index (χ4v) is 3.06. The molecule has 7 nitrogen and oxygen atoms in total. The molecule has 0 saturated heterocycles. The van der Waals surface area contributed by atoms with E-state index in [0.717, 1.165) is 5.56 Å². The summed E-state index contributed by atoms with van der Waals surface area (Å²) in [6.07, 6.45) is 0.154. The Bertz CT molecular complexity index is 900. The zero-order valence-corrected chi connectivity index (χ0v) is 16.6. The lowest BCUT2D eigenvalue weighted by Crippen LogP contribution is -2.38. The average molecular weight is 417 g/mol. The van der Waals surface area contributed by atoms with E-state index in [-0.39, 0.29) is 31.5 Å². The van der Waals surface area contributed by atoms with Crippen LogP contribution in [0.4, 0.5) is 5.69 Å². The third-order valence-corrected chi connectivity index (χ3v) is 4.68. The molecule has 2 amide bonds. The molecule has 0 saturated carbocycles. The smallest absolute Gasteiger partial charge is 0.326 e. The van der Waals surface area contributed by atoms with E-state index in [1.165, 1.54) is 4.90 Å². The van der Waals surface area contributed by atoms with E-state index in [1.807, 2.05) is 19.1 Å². The third kappa shape index (κ3) is 5.48. The molecule has 0 unspecified atom stereocenters. The van der Waals surface area contributed by atoms with Gasteiger partial charge in [0, 0.05) is 5.02 Å². The van der Waals surface area contributed by atoms with Gasteiger partial charge in [-0.1, -0.05) is 35.9 Å². The highest BCUT2D eigenvalue weighted by Crippen LogP contribution is 2.30. The summed E-state index contributed by atoms with van der Waals surface area (Å²) in [6.45, 7) is 1.33. The van der Waals surface area contributed by atoms with Crippen LogP contribution in [-0.4, -0.2) is 37.5 Å². The Labute approximate surface area is 173 Å². The lowest BCUT2D eigenvalue weighted by atomic mass is 10.1. The van der Waals surface area contributed by atoms with Gasteiger partial charge in [-0.2, -0.15) is 0 Å². The number of halogens is 1. The molecule has 1 aliphatic rings. The molecule has 3 rings (SSSR count). The van der Waals surface area contributed by atoms with E-state index in [1.54, 1.807) is 36.4 Å². The standard InChI is InChI=1S/C21H21ClN2O5/c1-14(15-6-8-16(22)9-7-15)23-19(25)13-29-21(27)12-24-17-4-2-3-5-18(17)28-11-10-20(24)26/h2-9,14H,10-13H2,1H3,(H,23,25)/t14-/m0/s1. The van der Waals surface area contributed by atoms with Gasteiger partial charge in [-0.15, -0.1) is 0 Å². The minimum Gasteiger partial charge on any atom is -0.491 e. The second kappa shape index (κ2) is 9.43. The number of amides is 2. The second-order valence-corrected chi connectivity index (χ2v) is 6.98. The average Bonchev–Trinajstić information content (AvgIpc) is 2.86. The van der Waals surface area contributed by atoms with Gasteiger partial charge in [-0.25, -0.2) is 0 Å². The van der Waals surface area contributed by atoms with Crippen LogP contribution in [-0.2, 0) is 19.1 Å². The first-order valence-electron chi connectivity index (χ1n) is 9.16. The first-order chi connectivity index (χ1) is 13.9. The van der Waals surface area contributed by atoms with Crippen molar-refractivity contribution in [3.63, 3.8) is 0 Å². The molecule has 0 radical (unpaired) electrons. The van der Waals surface area contributed by atoms with Crippen LogP contribution in [0.15, 0.2) is 48.5 Å². The molecule has 1 atom stereocenters. The summed E-state index contributed by atoms with van der Waals surface area (Å²) in [6, 6.07) is 13.8. The number of hydrogen-bond donors (Lipinski definition) is 1. The van der Waals surface area contributed by atoms with Crippen LogP contribution in [0.3, 0.4) is 0 Å². The van der Waals surface area contributed by atoms with Gasteiger partial charge in [0.1, 0.15) is 12.3 Å². The number of nitrogens with zero attached hydrogens (tertiary/aromatic N) is 1. The normalized spacial score (nSPS) is 14.3. The van der Waals surface area contributed by atoms with Gasteiger partial charge in [-0.3, -0.25) is 19.3 Å². The number of benzene rings is 2. The first-order valence-corrected chi connectivity index (χ1v) is 9.54. The lowest BCUT2D eigenvalue weighted by Gasteiger charge is -2.21. The Kier molecular flexibility index (Phi) is 6.72. The van der Waals surface area contributed by atoms with Crippen molar-refractivity contribution in [2.24, 2.45) is 0 Å². The number of fused-ring (bicyclic) bond motifs is 1. The minimum absolute atomic E-state index is 0.154. The predicted molar refractivity (Wildman–Crippen MR) is 108 cm³/mol. The van der Waals surface area contributed by atoms with E-state index < -0.39 is 18.5 Å². The van der Waals surface area contributed by atoms with Gasteiger partial charge < -0.3 is 14.8 Å². The summed E-state index contributed by atoms with van der Waals surface area (Å²) >= 11 is 5.86. The number of carbonyl (C=O) groups excluding carboxylic acids is 3. The van der Waals surface area contributed by atoms with Crippen molar-refractivity contribution in [1.29, 1.82) is 0 Å². The third-order valence-electron chi connectivity index (χ3n) is 4.43. The van der Waals surface area contributed by atoms with Gasteiger partial charge in [0.2, 0.25) is 5.91 Å². The molecule has 0 bridgehead atoms. The molecule has 29 heavy (non-hydrogen) atoms. The van der Waals surface area contributed by atoms with Gasteiger partial charge >= 0.3 is 5.97 Å². The molecule has 0 fully saturated rings. The molecule has 1 aliphatic heterocycles. The zero-order chi connectivity index (χ0) is 20.8. The van der Waals surface area contributed by atoms with Crippen LogP contribution >= 0.6 is 11.6 Å². The van der Waals surface area contributed by atoms with Crippen LogP contribution in [0, 0.1) is 0 Å². The van der Waals surface area contributed by atoms with Crippen molar-refractivity contribution in [3.05, 3.63) is 59.1 Å². The number of hydrogen-bond acceptors (Lipinski definition) is 5. The number of para-hydroxylation sites is 2. The summed E-state index contributed by atoms with van der Waals surface area (Å²) < 4.78 is 10.6. The van der Waals surface area contributed by atoms with Crippen molar-refractivity contribution in [3.8, 4) is 5.75 Å². The molecule has 2 aromatic rings. The summed E-state index contributed by atoms with van der Waals surface area (Å²) in [5, 5.41) is 3.36. The molecular weight excluding hydrogens is 396 g/mol. The Balaban J connectivity index is 1.53. The maximum Gasteiger partial charge on any atom is 0.326 e. The molecule has 0 aromatic heterocycles. The molecular formula is C21H21ClN2O5. The maximum atomic E-state index is 12.3.